The number of nitrogens with two attached hydrogens (primary N) is 1. The molecule has 2 rings (SSSR count). The van der Waals surface area contributed by atoms with Crippen LogP contribution in [-0.2, 0) is 4.74 Å². The quantitative estimate of drug-likeness (QED) is 0.553. The van der Waals surface area contributed by atoms with Crippen molar-refractivity contribution in [1.29, 1.82) is 0 Å². The molecule has 0 saturated heterocycles. The minimum absolute atomic E-state index is 0.123. The lowest BCUT2D eigenvalue weighted by Gasteiger charge is -2.02. The zero-order chi connectivity index (χ0) is 13.0. The summed E-state index contributed by atoms with van der Waals surface area (Å²) in [4.78, 5) is 14.9. The summed E-state index contributed by atoms with van der Waals surface area (Å²) in [5.74, 6) is -0.123. The van der Waals surface area contributed by atoms with Crippen molar-refractivity contribution >= 4 is 22.5 Å². The van der Waals surface area contributed by atoms with Crippen LogP contribution in [0.1, 0.15) is 16.9 Å². The lowest BCUT2D eigenvalue weighted by molar-refractivity contribution is 0.0944. The molecule has 0 aliphatic carbocycles. The number of rotatable bonds is 5. The number of nitrogens with one attached hydrogen (secondary N) is 2. The van der Waals surface area contributed by atoms with Gasteiger partial charge in [0.25, 0.3) is 5.91 Å². The predicted octanol–water partition coefficient (Wildman–Crippen LogP) is 1.52. The van der Waals surface area contributed by atoms with Crippen LogP contribution in [0.4, 0.5) is 5.69 Å². The van der Waals surface area contributed by atoms with E-state index in [9.17, 15) is 4.79 Å². The minimum atomic E-state index is -0.123. The van der Waals surface area contributed by atoms with E-state index in [1.165, 1.54) is 0 Å². The molecule has 0 aliphatic heterocycles. The molecule has 1 aromatic heterocycles. The highest BCUT2D eigenvalue weighted by Gasteiger charge is 2.09. The predicted molar refractivity (Wildman–Crippen MR) is 71.5 cm³/mol. The van der Waals surface area contributed by atoms with Crippen molar-refractivity contribution in [3.63, 3.8) is 0 Å². The molecule has 0 atom stereocenters. The number of para-hydroxylation sites is 1. The first kappa shape index (κ1) is 12.4. The number of H-pyrrole nitrogens is 1. The molecule has 1 aromatic carbocycles. The largest absolute Gasteiger partial charge is 0.397 e. The summed E-state index contributed by atoms with van der Waals surface area (Å²) in [7, 11) is 1.64. The van der Waals surface area contributed by atoms with Crippen LogP contribution in [0, 0.1) is 0 Å². The summed E-state index contributed by atoms with van der Waals surface area (Å²) in [5, 5.41) is 3.76. The normalized spacial score (nSPS) is 10.7. The van der Waals surface area contributed by atoms with Crippen LogP contribution in [-0.4, -0.2) is 31.2 Å². The van der Waals surface area contributed by atoms with E-state index in [-0.39, 0.29) is 5.91 Å². The van der Waals surface area contributed by atoms with Gasteiger partial charge in [-0.15, -0.1) is 0 Å². The molecule has 18 heavy (non-hydrogen) atoms. The number of anilines is 1. The van der Waals surface area contributed by atoms with E-state index in [0.717, 1.165) is 17.3 Å². The highest BCUT2D eigenvalue weighted by atomic mass is 16.5. The van der Waals surface area contributed by atoms with E-state index >= 15 is 0 Å². The molecule has 1 amide bonds. The third-order valence-corrected chi connectivity index (χ3v) is 2.74. The number of nitrogen functional groups attached to an aromatic ring is 1. The Bertz CT molecular complexity index is 548. The molecule has 96 valence electrons. The van der Waals surface area contributed by atoms with Crippen LogP contribution in [0.5, 0.6) is 0 Å². The average molecular weight is 247 g/mol. The monoisotopic (exact) mass is 247 g/mol. The topological polar surface area (TPSA) is 80.1 Å². The molecule has 0 unspecified atom stereocenters. The number of aromatic amines is 1. The Labute approximate surface area is 105 Å². The van der Waals surface area contributed by atoms with Gasteiger partial charge in [0.2, 0.25) is 0 Å². The first-order valence-electron chi connectivity index (χ1n) is 5.86. The maximum atomic E-state index is 11.9. The summed E-state index contributed by atoms with van der Waals surface area (Å²) in [5.41, 5.74) is 7.81. The van der Waals surface area contributed by atoms with Crippen molar-refractivity contribution in [2.45, 2.75) is 6.42 Å². The second-order valence-corrected chi connectivity index (χ2v) is 4.10. The van der Waals surface area contributed by atoms with Crippen LogP contribution < -0.4 is 11.1 Å². The van der Waals surface area contributed by atoms with E-state index in [2.05, 4.69) is 10.3 Å². The Morgan fingerprint density at radius 2 is 2.33 bits per heavy atom. The summed E-state index contributed by atoms with van der Waals surface area (Å²) in [6.45, 7) is 1.23. The number of hydrogen-bond acceptors (Lipinski definition) is 3. The number of carbonyl (C=O) groups excluding carboxylic acids is 1. The van der Waals surface area contributed by atoms with Crippen LogP contribution in [0.2, 0.25) is 0 Å². The molecule has 0 radical (unpaired) electrons. The number of ether oxygens (including phenoxy) is 1. The number of fused-ring (bicyclic) bond motifs is 1. The van der Waals surface area contributed by atoms with Gasteiger partial charge in [0.1, 0.15) is 5.69 Å². The third kappa shape index (κ3) is 2.62. The fourth-order valence-corrected chi connectivity index (χ4v) is 1.82. The molecular weight excluding hydrogens is 230 g/mol. The number of amides is 1. The molecule has 5 heteroatoms. The molecule has 1 heterocycles. The molecule has 0 fully saturated rings. The molecule has 0 aliphatic rings. The van der Waals surface area contributed by atoms with Crippen molar-refractivity contribution in [2.75, 3.05) is 26.0 Å². The third-order valence-electron chi connectivity index (χ3n) is 2.74. The first-order chi connectivity index (χ1) is 8.72. The zero-order valence-electron chi connectivity index (χ0n) is 10.3. The molecule has 0 spiro atoms. The van der Waals surface area contributed by atoms with Gasteiger partial charge >= 0.3 is 0 Å². The van der Waals surface area contributed by atoms with Crippen molar-refractivity contribution in [1.82, 2.24) is 10.3 Å². The lowest BCUT2D eigenvalue weighted by atomic mass is 10.2. The fraction of sp³-hybridized carbons (Fsp3) is 0.308. The summed E-state index contributed by atoms with van der Waals surface area (Å²) < 4.78 is 4.92. The Hall–Kier alpha value is -2.01. The highest BCUT2D eigenvalue weighted by molar-refractivity contribution is 6.00. The van der Waals surface area contributed by atoms with Crippen molar-refractivity contribution in [3.05, 3.63) is 30.0 Å². The average Bonchev–Trinajstić information content (AvgIpc) is 2.80. The van der Waals surface area contributed by atoms with Gasteiger partial charge in [0.15, 0.2) is 0 Å². The number of aromatic nitrogens is 1. The van der Waals surface area contributed by atoms with E-state index in [1.807, 2.05) is 12.1 Å². The molecule has 0 saturated carbocycles. The highest BCUT2D eigenvalue weighted by Crippen LogP contribution is 2.20. The van der Waals surface area contributed by atoms with Gasteiger partial charge in [0.05, 0.1) is 11.2 Å². The molecule has 2 aromatic rings. The summed E-state index contributed by atoms with van der Waals surface area (Å²) >= 11 is 0. The molecule has 5 nitrogen and oxygen atoms in total. The van der Waals surface area contributed by atoms with Crippen molar-refractivity contribution < 1.29 is 9.53 Å². The van der Waals surface area contributed by atoms with Crippen LogP contribution >= 0.6 is 0 Å². The number of carbonyl (C=O) groups is 1. The Balaban J connectivity index is 2.06. The van der Waals surface area contributed by atoms with E-state index in [0.29, 0.717) is 24.5 Å². The van der Waals surface area contributed by atoms with E-state index < -0.39 is 0 Å². The zero-order valence-corrected chi connectivity index (χ0v) is 10.3. The van der Waals surface area contributed by atoms with Gasteiger partial charge < -0.3 is 20.8 Å². The van der Waals surface area contributed by atoms with Crippen LogP contribution in [0.15, 0.2) is 24.3 Å². The van der Waals surface area contributed by atoms with Gasteiger partial charge in [0, 0.05) is 25.6 Å². The Morgan fingerprint density at radius 1 is 1.50 bits per heavy atom. The van der Waals surface area contributed by atoms with Crippen LogP contribution in [0.25, 0.3) is 10.9 Å². The van der Waals surface area contributed by atoms with Gasteiger partial charge in [-0.1, -0.05) is 12.1 Å². The molecule has 4 N–H and O–H groups in total. The SMILES string of the molecule is COCCCNC(=O)c1cc2cccc(N)c2[nH]1. The van der Waals surface area contributed by atoms with Crippen molar-refractivity contribution in [3.8, 4) is 0 Å². The second kappa shape index (κ2) is 5.55. The number of hydrogen-bond donors (Lipinski definition) is 3. The number of benzene rings is 1. The summed E-state index contributed by atoms with van der Waals surface area (Å²) in [6, 6.07) is 7.39. The maximum absolute atomic E-state index is 11.9. The molecule has 0 bridgehead atoms. The van der Waals surface area contributed by atoms with E-state index in [4.69, 9.17) is 10.5 Å². The smallest absolute Gasteiger partial charge is 0.267 e. The van der Waals surface area contributed by atoms with Gasteiger partial charge in [-0.2, -0.15) is 0 Å². The Kier molecular flexibility index (Phi) is 3.84. The summed E-state index contributed by atoms with van der Waals surface area (Å²) in [6.07, 6.45) is 0.796. The second-order valence-electron chi connectivity index (χ2n) is 4.10. The van der Waals surface area contributed by atoms with Gasteiger partial charge in [-0.25, -0.2) is 0 Å². The number of methoxy groups -OCH3 is 1. The van der Waals surface area contributed by atoms with Crippen LogP contribution in [0.3, 0.4) is 0 Å². The lowest BCUT2D eigenvalue weighted by Crippen LogP contribution is -2.25. The standard InChI is InChI=1S/C13H17N3O2/c1-18-7-3-6-15-13(17)11-8-9-4-2-5-10(14)12(9)16-11/h2,4-5,8,16H,3,6-7,14H2,1H3,(H,15,17). The minimum Gasteiger partial charge on any atom is -0.397 e. The van der Waals surface area contributed by atoms with Gasteiger partial charge in [-0.3, -0.25) is 4.79 Å². The van der Waals surface area contributed by atoms with E-state index in [1.54, 1.807) is 19.2 Å². The molecular formula is C13H17N3O2. The fourth-order valence-electron chi connectivity index (χ4n) is 1.82. The van der Waals surface area contributed by atoms with Gasteiger partial charge in [-0.05, 0) is 18.6 Å². The Morgan fingerprint density at radius 3 is 3.06 bits per heavy atom. The first-order valence-corrected chi connectivity index (χ1v) is 5.86. The van der Waals surface area contributed by atoms with Crippen molar-refractivity contribution in [2.24, 2.45) is 0 Å². The maximum Gasteiger partial charge on any atom is 0.267 e.